The van der Waals surface area contributed by atoms with Crippen molar-refractivity contribution in [1.82, 2.24) is 15.1 Å². The maximum Gasteiger partial charge on any atom is 0.253 e. The number of fused-ring (bicyclic) bond motifs is 1. The highest BCUT2D eigenvalue weighted by Crippen LogP contribution is 2.21. The van der Waals surface area contributed by atoms with Crippen LogP contribution in [0.1, 0.15) is 48.2 Å². The third-order valence-electron chi connectivity index (χ3n) is 5.18. The summed E-state index contributed by atoms with van der Waals surface area (Å²) in [5.74, 6) is 0.165. The fourth-order valence-corrected chi connectivity index (χ4v) is 3.59. The second-order valence-electron chi connectivity index (χ2n) is 6.86. The van der Waals surface area contributed by atoms with E-state index in [-0.39, 0.29) is 5.91 Å². The van der Waals surface area contributed by atoms with Crippen molar-refractivity contribution < 1.29 is 4.79 Å². The number of likely N-dealkylation sites (tertiary alicyclic amines) is 1. The van der Waals surface area contributed by atoms with Crippen molar-refractivity contribution in [2.75, 3.05) is 20.1 Å². The van der Waals surface area contributed by atoms with Crippen molar-refractivity contribution in [3.05, 3.63) is 34.9 Å². The van der Waals surface area contributed by atoms with E-state index in [9.17, 15) is 4.79 Å². The van der Waals surface area contributed by atoms with Gasteiger partial charge in [0.1, 0.15) is 0 Å². The highest BCUT2D eigenvalue weighted by molar-refractivity contribution is 5.94. The third kappa shape index (κ3) is 3.03. The maximum atomic E-state index is 12.8. The zero-order valence-electron chi connectivity index (χ0n) is 13.9. The van der Waals surface area contributed by atoms with Gasteiger partial charge in [0, 0.05) is 50.9 Å². The lowest BCUT2D eigenvalue weighted by atomic mass is 10.0. The van der Waals surface area contributed by atoms with Gasteiger partial charge in [-0.15, -0.1) is 0 Å². The summed E-state index contributed by atoms with van der Waals surface area (Å²) in [6.07, 6.45) is 2.15. The second kappa shape index (κ2) is 6.39. The number of benzene rings is 1. The smallest absolute Gasteiger partial charge is 0.253 e. The molecule has 1 N–H and O–H groups in total. The molecule has 1 saturated heterocycles. The number of rotatable bonds is 3. The SMILES string of the molecule is CC(C)N1CCC(N(C)C(=O)c2ccc3c(c2)CNC3)CC1. The Morgan fingerprint density at radius 2 is 1.91 bits per heavy atom. The number of hydrogen-bond acceptors (Lipinski definition) is 3. The summed E-state index contributed by atoms with van der Waals surface area (Å²) in [5.41, 5.74) is 3.43. The Kier molecular flexibility index (Phi) is 4.50. The standard InChI is InChI=1S/C18H27N3O/c1-13(2)21-8-6-17(7-9-21)20(3)18(22)14-4-5-15-11-19-12-16(15)10-14/h4-5,10,13,17,19H,6-9,11-12H2,1-3H3. The van der Waals surface area contributed by atoms with Crippen LogP contribution in [0.2, 0.25) is 0 Å². The predicted octanol–water partition coefficient (Wildman–Crippen LogP) is 2.23. The molecule has 1 fully saturated rings. The Morgan fingerprint density at radius 3 is 2.59 bits per heavy atom. The fourth-order valence-electron chi connectivity index (χ4n) is 3.59. The summed E-state index contributed by atoms with van der Waals surface area (Å²) in [5, 5.41) is 3.33. The van der Waals surface area contributed by atoms with Gasteiger partial charge in [0.2, 0.25) is 0 Å². The molecule has 0 radical (unpaired) electrons. The fraction of sp³-hybridized carbons (Fsp3) is 0.611. The maximum absolute atomic E-state index is 12.8. The molecule has 120 valence electrons. The Morgan fingerprint density at radius 1 is 1.23 bits per heavy atom. The number of nitrogens with zero attached hydrogens (tertiary/aromatic N) is 2. The van der Waals surface area contributed by atoms with Crippen molar-refractivity contribution in [2.45, 2.75) is 51.9 Å². The van der Waals surface area contributed by atoms with E-state index in [4.69, 9.17) is 0 Å². The van der Waals surface area contributed by atoms with E-state index in [0.29, 0.717) is 12.1 Å². The van der Waals surface area contributed by atoms with Crippen LogP contribution in [-0.2, 0) is 13.1 Å². The lowest BCUT2D eigenvalue weighted by Crippen LogP contribution is -2.47. The van der Waals surface area contributed by atoms with Crippen molar-refractivity contribution in [3.8, 4) is 0 Å². The van der Waals surface area contributed by atoms with Crippen LogP contribution >= 0.6 is 0 Å². The molecule has 0 bridgehead atoms. The van der Waals surface area contributed by atoms with Gasteiger partial charge in [0.25, 0.3) is 5.91 Å². The largest absolute Gasteiger partial charge is 0.339 e. The average Bonchev–Trinajstić information content (AvgIpc) is 3.01. The van der Waals surface area contributed by atoms with Gasteiger partial charge in [-0.1, -0.05) is 6.07 Å². The van der Waals surface area contributed by atoms with Gasteiger partial charge >= 0.3 is 0 Å². The van der Waals surface area contributed by atoms with Gasteiger partial charge in [-0.25, -0.2) is 0 Å². The van der Waals surface area contributed by atoms with Gasteiger partial charge in [-0.05, 0) is 49.9 Å². The number of amides is 1. The van der Waals surface area contributed by atoms with E-state index >= 15 is 0 Å². The molecule has 0 saturated carbocycles. The molecule has 1 amide bonds. The van der Waals surface area contributed by atoms with Crippen LogP contribution in [-0.4, -0.2) is 47.9 Å². The molecule has 0 atom stereocenters. The van der Waals surface area contributed by atoms with E-state index in [1.165, 1.54) is 11.1 Å². The zero-order chi connectivity index (χ0) is 15.7. The number of nitrogens with one attached hydrogen (secondary N) is 1. The summed E-state index contributed by atoms with van der Waals surface area (Å²) in [4.78, 5) is 17.2. The third-order valence-corrected chi connectivity index (χ3v) is 5.18. The minimum absolute atomic E-state index is 0.165. The molecule has 2 aliphatic heterocycles. The first kappa shape index (κ1) is 15.5. The molecule has 4 heteroatoms. The van der Waals surface area contributed by atoms with Crippen LogP contribution < -0.4 is 5.32 Å². The normalized spacial score (nSPS) is 19.5. The van der Waals surface area contributed by atoms with Crippen molar-refractivity contribution in [1.29, 1.82) is 0 Å². The molecule has 0 aromatic heterocycles. The minimum atomic E-state index is 0.165. The molecular weight excluding hydrogens is 274 g/mol. The first-order valence-electron chi connectivity index (χ1n) is 8.40. The molecule has 4 nitrogen and oxygen atoms in total. The van der Waals surface area contributed by atoms with E-state index in [2.05, 4.69) is 36.2 Å². The van der Waals surface area contributed by atoms with Crippen LogP contribution in [0.15, 0.2) is 18.2 Å². The molecule has 3 rings (SSSR count). The summed E-state index contributed by atoms with van der Waals surface area (Å²) >= 11 is 0. The topological polar surface area (TPSA) is 35.6 Å². The monoisotopic (exact) mass is 301 g/mol. The van der Waals surface area contributed by atoms with Gasteiger partial charge in [-0.3, -0.25) is 4.79 Å². The number of carbonyl (C=O) groups excluding carboxylic acids is 1. The molecule has 0 spiro atoms. The van der Waals surface area contributed by atoms with E-state index in [1.54, 1.807) is 0 Å². The highest BCUT2D eigenvalue weighted by atomic mass is 16.2. The van der Waals surface area contributed by atoms with Crippen LogP contribution in [0.3, 0.4) is 0 Å². The Labute approximate surface area is 133 Å². The first-order valence-corrected chi connectivity index (χ1v) is 8.40. The van der Waals surface area contributed by atoms with Crippen LogP contribution in [0.25, 0.3) is 0 Å². The Bertz CT molecular complexity index is 547. The molecule has 2 heterocycles. The van der Waals surface area contributed by atoms with Crippen molar-refractivity contribution in [3.63, 3.8) is 0 Å². The molecular formula is C18H27N3O. The van der Waals surface area contributed by atoms with E-state index in [0.717, 1.165) is 44.6 Å². The quantitative estimate of drug-likeness (QED) is 0.930. The van der Waals surface area contributed by atoms with Gasteiger partial charge in [-0.2, -0.15) is 0 Å². The Balaban J connectivity index is 1.65. The zero-order valence-corrected chi connectivity index (χ0v) is 13.9. The number of carbonyl (C=O) groups is 1. The molecule has 1 aromatic carbocycles. The second-order valence-corrected chi connectivity index (χ2v) is 6.86. The average molecular weight is 301 g/mol. The van der Waals surface area contributed by atoms with Gasteiger partial charge in [0.05, 0.1) is 0 Å². The minimum Gasteiger partial charge on any atom is -0.339 e. The van der Waals surface area contributed by atoms with Gasteiger partial charge in [0.15, 0.2) is 0 Å². The summed E-state index contributed by atoms with van der Waals surface area (Å²) in [6.45, 7) is 8.48. The Hall–Kier alpha value is -1.39. The summed E-state index contributed by atoms with van der Waals surface area (Å²) < 4.78 is 0. The summed E-state index contributed by atoms with van der Waals surface area (Å²) in [7, 11) is 1.96. The molecule has 22 heavy (non-hydrogen) atoms. The van der Waals surface area contributed by atoms with E-state index < -0.39 is 0 Å². The van der Waals surface area contributed by atoms with Crippen molar-refractivity contribution in [2.24, 2.45) is 0 Å². The lowest BCUT2D eigenvalue weighted by Gasteiger charge is -2.38. The lowest BCUT2D eigenvalue weighted by molar-refractivity contribution is 0.0615. The number of hydrogen-bond donors (Lipinski definition) is 1. The van der Waals surface area contributed by atoms with Gasteiger partial charge < -0.3 is 15.1 Å². The molecule has 2 aliphatic rings. The summed E-state index contributed by atoms with van der Waals surface area (Å²) in [6, 6.07) is 7.11. The van der Waals surface area contributed by atoms with Crippen LogP contribution in [0, 0.1) is 0 Å². The highest BCUT2D eigenvalue weighted by Gasteiger charge is 2.27. The molecule has 0 unspecified atom stereocenters. The van der Waals surface area contributed by atoms with Crippen LogP contribution in [0.5, 0.6) is 0 Å². The predicted molar refractivity (Wildman–Crippen MR) is 88.8 cm³/mol. The van der Waals surface area contributed by atoms with Crippen molar-refractivity contribution >= 4 is 5.91 Å². The molecule has 0 aliphatic carbocycles. The van der Waals surface area contributed by atoms with E-state index in [1.807, 2.05) is 18.0 Å². The number of piperidine rings is 1. The first-order chi connectivity index (χ1) is 10.6. The van der Waals surface area contributed by atoms with Crippen LogP contribution in [0.4, 0.5) is 0 Å². The molecule has 1 aromatic rings.